The molecule has 2 rings (SSSR count). The molecule has 2 nitrogen and oxygen atoms in total. The molecule has 0 heterocycles. The Morgan fingerprint density at radius 3 is 2.55 bits per heavy atom. The van der Waals surface area contributed by atoms with Crippen LogP contribution in [0.15, 0.2) is 18.2 Å². The summed E-state index contributed by atoms with van der Waals surface area (Å²) < 4.78 is 5.55. The number of ether oxygens (including phenoxy) is 1. The van der Waals surface area contributed by atoms with Gasteiger partial charge in [-0.05, 0) is 43.1 Å². The van der Waals surface area contributed by atoms with Crippen LogP contribution in [0.4, 0.5) is 0 Å². The van der Waals surface area contributed by atoms with Crippen LogP contribution in [0.25, 0.3) is 0 Å². The zero-order valence-corrected chi connectivity index (χ0v) is 13.4. The van der Waals surface area contributed by atoms with E-state index < -0.39 is 0 Å². The summed E-state index contributed by atoms with van der Waals surface area (Å²) in [5, 5.41) is 10.5. The fraction of sp³-hybridized carbons (Fsp3) is 0.667. The van der Waals surface area contributed by atoms with Crippen molar-refractivity contribution < 1.29 is 9.84 Å². The van der Waals surface area contributed by atoms with Crippen LogP contribution < -0.4 is 4.74 Å². The maximum Gasteiger partial charge on any atom is 0.122 e. The molecule has 0 spiro atoms. The van der Waals surface area contributed by atoms with E-state index >= 15 is 0 Å². The number of hydrogen-bond donors (Lipinski definition) is 1. The second-order valence-corrected chi connectivity index (χ2v) is 7.02. The molecule has 1 N–H and O–H groups in total. The number of aliphatic hydroxyl groups excluding tert-OH is 1. The van der Waals surface area contributed by atoms with Crippen LogP contribution in [0.2, 0.25) is 0 Å². The van der Waals surface area contributed by atoms with Crippen LogP contribution >= 0.6 is 0 Å². The molecule has 0 saturated heterocycles. The first-order chi connectivity index (χ1) is 9.36. The summed E-state index contributed by atoms with van der Waals surface area (Å²) in [7, 11) is 1.73. The molecule has 3 atom stereocenters. The van der Waals surface area contributed by atoms with E-state index in [1.54, 1.807) is 7.11 Å². The zero-order chi connectivity index (χ0) is 14.9. The molecular weight excluding hydrogens is 248 g/mol. The first kappa shape index (κ1) is 15.4. The molecule has 3 unspecified atom stereocenters. The maximum absolute atomic E-state index is 10.5. The van der Waals surface area contributed by atoms with Gasteiger partial charge < -0.3 is 9.84 Å². The smallest absolute Gasteiger partial charge is 0.122 e. The summed E-state index contributed by atoms with van der Waals surface area (Å²) in [5.41, 5.74) is 2.39. The van der Waals surface area contributed by atoms with E-state index in [9.17, 15) is 5.11 Å². The van der Waals surface area contributed by atoms with Gasteiger partial charge in [-0.3, -0.25) is 0 Å². The summed E-state index contributed by atoms with van der Waals surface area (Å²) in [6.07, 6.45) is 3.01. The Labute approximate surface area is 123 Å². The van der Waals surface area contributed by atoms with Crippen molar-refractivity contribution in [3.63, 3.8) is 0 Å². The molecule has 1 fully saturated rings. The summed E-state index contributed by atoms with van der Waals surface area (Å²) in [5.74, 6) is 1.87. The highest BCUT2D eigenvalue weighted by atomic mass is 16.5. The molecule has 1 aliphatic carbocycles. The van der Waals surface area contributed by atoms with Gasteiger partial charge in [0.1, 0.15) is 5.75 Å². The van der Waals surface area contributed by atoms with Gasteiger partial charge in [0.05, 0.1) is 13.2 Å². The van der Waals surface area contributed by atoms with Gasteiger partial charge >= 0.3 is 0 Å². The molecule has 112 valence electrons. The van der Waals surface area contributed by atoms with E-state index in [1.165, 1.54) is 17.5 Å². The number of hydrogen-bond acceptors (Lipinski definition) is 2. The highest BCUT2D eigenvalue weighted by molar-refractivity contribution is 5.42. The molecule has 20 heavy (non-hydrogen) atoms. The highest BCUT2D eigenvalue weighted by Gasteiger charge is 2.40. The van der Waals surface area contributed by atoms with Crippen LogP contribution in [-0.2, 0) is 5.41 Å². The van der Waals surface area contributed by atoms with Gasteiger partial charge in [0.2, 0.25) is 0 Å². The Bertz CT molecular complexity index is 464. The minimum atomic E-state index is -0.209. The number of methoxy groups -OCH3 is 1. The van der Waals surface area contributed by atoms with Gasteiger partial charge in [0, 0.05) is 5.56 Å². The van der Waals surface area contributed by atoms with E-state index in [0.717, 1.165) is 18.6 Å². The van der Waals surface area contributed by atoms with E-state index in [-0.39, 0.29) is 11.5 Å². The van der Waals surface area contributed by atoms with E-state index in [0.29, 0.717) is 11.8 Å². The largest absolute Gasteiger partial charge is 0.496 e. The Morgan fingerprint density at radius 2 is 1.95 bits per heavy atom. The Morgan fingerprint density at radius 1 is 1.25 bits per heavy atom. The molecule has 0 aliphatic heterocycles. The molecule has 1 aromatic rings. The zero-order valence-electron chi connectivity index (χ0n) is 13.4. The van der Waals surface area contributed by atoms with Crippen LogP contribution in [0, 0.1) is 18.8 Å². The molecule has 1 saturated carbocycles. The second-order valence-electron chi connectivity index (χ2n) is 7.02. The lowest BCUT2D eigenvalue weighted by atomic mass is 9.64. The van der Waals surface area contributed by atoms with Crippen molar-refractivity contribution in [2.24, 2.45) is 11.8 Å². The molecule has 1 aliphatic rings. The molecule has 0 radical (unpaired) electrons. The van der Waals surface area contributed by atoms with Crippen molar-refractivity contribution in [3.8, 4) is 5.75 Å². The lowest BCUT2D eigenvalue weighted by Crippen LogP contribution is -2.41. The number of aryl methyl sites for hydroxylation is 1. The Balaban J connectivity index is 2.36. The minimum absolute atomic E-state index is 0.0725. The minimum Gasteiger partial charge on any atom is -0.496 e. The highest BCUT2D eigenvalue weighted by Crippen LogP contribution is 2.45. The van der Waals surface area contributed by atoms with Crippen LogP contribution in [0.5, 0.6) is 5.75 Å². The van der Waals surface area contributed by atoms with Crippen LogP contribution in [0.1, 0.15) is 51.2 Å². The van der Waals surface area contributed by atoms with E-state index in [4.69, 9.17) is 4.74 Å². The number of benzene rings is 1. The third-order valence-corrected chi connectivity index (χ3v) is 5.05. The van der Waals surface area contributed by atoms with Gasteiger partial charge in [-0.15, -0.1) is 0 Å². The van der Waals surface area contributed by atoms with E-state index in [1.807, 2.05) is 6.07 Å². The number of aliphatic hydroxyl groups is 1. The summed E-state index contributed by atoms with van der Waals surface area (Å²) >= 11 is 0. The second kappa shape index (κ2) is 5.77. The number of rotatable bonds is 3. The Hall–Kier alpha value is -1.02. The summed E-state index contributed by atoms with van der Waals surface area (Å²) in [4.78, 5) is 0. The quantitative estimate of drug-likeness (QED) is 0.901. The molecule has 0 bridgehead atoms. The first-order valence-electron chi connectivity index (χ1n) is 7.69. The predicted molar refractivity (Wildman–Crippen MR) is 83.3 cm³/mol. The van der Waals surface area contributed by atoms with Gasteiger partial charge in [-0.1, -0.05) is 44.9 Å². The van der Waals surface area contributed by atoms with Crippen molar-refractivity contribution in [2.75, 3.05) is 7.11 Å². The molecule has 0 aromatic heterocycles. The fourth-order valence-corrected chi connectivity index (χ4v) is 3.72. The van der Waals surface area contributed by atoms with Gasteiger partial charge in [-0.2, -0.15) is 0 Å². The standard InChI is InChI=1S/C18H28O2/c1-12-7-9-17(20-5)15(10-12)18(3,4)14-8-6-13(2)11-16(14)19/h7,9-10,13-14,16,19H,6,8,11H2,1-5H3. The van der Waals surface area contributed by atoms with Crippen molar-refractivity contribution in [2.45, 2.75) is 58.5 Å². The molecule has 1 aromatic carbocycles. The predicted octanol–water partition coefficient (Wildman–Crippen LogP) is 4.08. The van der Waals surface area contributed by atoms with Crippen LogP contribution in [-0.4, -0.2) is 18.3 Å². The SMILES string of the molecule is COc1ccc(C)cc1C(C)(C)C1CCC(C)CC1O. The van der Waals surface area contributed by atoms with E-state index in [2.05, 4.69) is 39.8 Å². The third kappa shape index (κ3) is 2.85. The molecule has 0 amide bonds. The average molecular weight is 276 g/mol. The normalized spacial score (nSPS) is 27.4. The van der Waals surface area contributed by atoms with Crippen LogP contribution in [0.3, 0.4) is 0 Å². The monoisotopic (exact) mass is 276 g/mol. The fourth-order valence-electron chi connectivity index (χ4n) is 3.72. The third-order valence-electron chi connectivity index (χ3n) is 5.05. The molecule has 2 heteroatoms. The topological polar surface area (TPSA) is 29.5 Å². The lowest BCUT2D eigenvalue weighted by molar-refractivity contribution is 0.0138. The Kier molecular flexibility index (Phi) is 4.43. The van der Waals surface area contributed by atoms with Gasteiger partial charge in [0.15, 0.2) is 0 Å². The lowest BCUT2D eigenvalue weighted by Gasteiger charge is -2.43. The summed E-state index contributed by atoms with van der Waals surface area (Å²) in [6, 6.07) is 6.34. The average Bonchev–Trinajstić information content (AvgIpc) is 2.38. The van der Waals surface area contributed by atoms with Crippen molar-refractivity contribution >= 4 is 0 Å². The summed E-state index contributed by atoms with van der Waals surface area (Å²) in [6.45, 7) is 8.83. The molecular formula is C18H28O2. The van der Waals surface area contributed by atoms with Crippen molar-refractivity contribution in [1.29, 1.82) is 0 Å². The van der Waals surface area contributed by atoms with Gasteiger partial charge in [-0.25, -0.2) is 0 Å². The van der Waals surface area contributed by atoms with Crippen molar-refractivity contribution in [1.82, 2.24) is 0 Å². The maximum atomic E-state index is 10.5. The first-order valence-corrected chi connectivity index (χ1v) is 7.69. The van der Waals surface area contributed by atoms with Crippen molar-refractivity contribution in [3.05, 3.63) is 29.3 Å². The van der Waals surface area contributed by atoms with Gasteiger partial charge in [0.25, 0.3) is 0 Å².